The summed E-state index contributed by atoms with van der Waals surface area (Å²) < 4.78 is 13.5. The van der Waals surface area contributed by atoms with Crippen LogP contribution in [0.4, 0.5) is 0 Å². The molecule has 0 radical (unpaired) electrons. The van der Waals surface area contributed by atoms with Crippen LogP contribution in [0.2, 0.25) is 0 Å². The van der Waals surface area contributed by atoms with Crippen molar-refractivity contribution in [2.75, 3.05) is 0 Å². The number of nitriles is 2. The Morgan fingerprint density at radius 2 is 1.29 bits per heavy atom. The van der Waals surface area contributed by atoms with Crippen LogP contribution in [0.15, 0.2) is 199 Å². The molecule has 0 N–H and O–H groups in total. The predicted molar refractivity (Wildman–Crippen MR) is 281 cm³/mol. The van der Waals surface area contributed by atoms with Gasteiger partial charge in [-0.25, -0.2) is 0 Å². The molecule has 13 rings (SSSR count). The van der Waals surface area contributed by atoms with E-state index in [0.717, 1.165) is 101 Å². The van der Waals surface area contributed by atoms with Crippen molar-refractivity contribution in [2.45, 2.75) is 26.7 Å². The minimum atomic E-state index is 0.405. The molecule has 6 nitrogen and oxygen atoms in total. The Kier molecular flexibility index (Phi) is 9.57. The summed E-state index contributed by atoms with van der Waals surface area (Å²) in [5, 5.41) is 29.7. The van der Waals surface area contributed by atoms with E-state index in [2.05, 4.69) is 148 Å². The summed E-state index contributed by atoms with van der Waals surface area (Å²) in [6.07, 6.45) is 10.5. The number of allylic oxidation sites excluding steroid dienone is 4. The lowest BCUT2D eigenvalue weighted by Gasteiger charge is -2.17. The van der Waals surface area contributed by atoms with Gasteiger partial charge in [-0.2, -0.15) is 10.5 Å². The molecule has 0 unspecified atom stereocenters. The largest absolute Gasteiger partial charge is 0.455 e. The number of fused-ring (bicyclic) bond motifs is 13. The van der Waals surface area contributed by atoms with Crippen molar-refractivity contribution in [1.82, 2.24) is 13.7 Å². The van der Waals surface area contributed by atoms with Crippen LogP contribution in [0, 0.1) is 22.7 Å². The molecule has 0 aliphatic heterocycles. The van der Waals surface area contributed by atoms with E-state index in [9.17, 15) is 10.5 Å². The molecule has 4 heterocycles. The van der Waals surface area contributed by atoms with Crippen LogP contribution in [0.3, 0.4) is 0 Å². The lowest BCUT2D eigenvalue weighted by molar-refractivity contribution is 0.673. The number of nitrogens with zero attached hydrogens (tertiary/aromatic N) is 5. The minimum Gasteiger partial charge on any atom is -0.455 e. The van der Waals surface area contributed by atoms with Crippen LogP contribution in [-0.4, -0.2) is 13.7 Å². The van der Waals surface area contributed by atoms with Crippen molar-refractivity contribution in [1.29, 1.82) is 10.5 Å². The van der Waals surface area contributed by atoms with Crippen LogP contribution in [0.5, 0.6) is 0 Å². The first-order valence-corrected chi connectivity index (χ1v) is 23.0. The van der Waals surface area contributed by atoms with Crippen molar-refractivity contribution in [3.8, 4) is 40.3 Å². The van der Waals surface area contributed by atoms with Gasteiger partial charge in [-0.05, 0) is 122 Å². The van der Waals surface area contributed by atoms with Gasteiger partial charge in [0.2, 0.25) is 0 Å². The van der Waals surface area contributed by atoms with Crippen molar-refractivity contribution in [2.24, 2.45) is 0 Å². The Morgan fingerprint density at radius 3 is 2.06 bits per heavy atom. The van der Waals surface area contributed by atoms with Crippen LogP contribution in [-0.2, 0) is 6.42 Å². The maximum Gasteiger partial charge on any atom is 0.145 e. The van der Waals surface area contributed by atoms with Crippen LogP contribution < -0.4 is 0 Å². The quantitative estimate of drug-likeness (QED) is 0.162. The zero-order chi connectivity index (χ0) is 46.0. The summed E-state index contributed by atoms with van der Waals surface area (Å²) >= 11 is 0. The second-order valence-corrected chi connectivity index (χ2v) is 17.5. The molecular weight excluding hydrogens is 831 g/mol. The number of hydrogen-bond acceptors (Lipinski definition) is 3. The third kappa shape index (κ3) is 6.16. The Labute approximate surface area is 393 Å². The summed E-state index contributed by atoms with van der Waals surface area (Å²) in [5.74, 6) is 0. The van der Waals surface area contributed by atoms with Gasteiger partial charge in [0.15, 0.2) is 0 Å². The van der Waals surface area contributed by atoms with E-state index in [1.54, 1.807) is 0 Å². The molecule has 0 amide bonds. The van der Waals surface area contributed by atoms with Crippen molar-refractivity contribution in [3.05, 3.63) is 217 Å². The molecular formula is C62H43N5O. The number of para-hydroxylation sites is 3. The molecule has 1 aliphatic carbocycles. The van der Waals surface area contributed by atoms with E-state index in [1.165, 1.54) is 22.2 Å². The van der Waals surface area contributed by atoms with Gasteiger partial charge >= 0.3 is 0 Å². The highest BCUT2D eigenvalue weighted by atomic mass is 16.3. The van der Waals surface area contributed by atoms with Crippen molar-refractivity contribution in [3.63, 3.8) is 0 Å². The van der Waals surface area contributed by atoms with Gasteiger partial charge in [-0.15, -0.1) is 0 Å². The molecule has 322 valence electrons. The second-order valence-electron chi connectivity index (χ2n) is 17.5. The normalized spacial score (nSPS) is 12.4. The third-order valence-electron chi connectivity index (χ3n) is 13.5. The fraction of sp³-hybridized carbons (Fsp3) is 0.0645. The van der Waals surface area contributed by atoms with Gasteiger partial charge in [0.05, 0.1) is 49.9 Å². The van der Waals surface area contributed by atoms with Gasteiger partial charge in [-0.1, -0.05) is 121 Å². The van der Waals surface area contributed by atoms with E-state index in [-0.39, 0.29) is 0 Å². The fourth-order valence-electron chi connectivity index (χ4n) is 10.6. The number of rotatable bonds is 5. The Bertz CT molecular complexity index is 4210. The van der Waals surface area contributed by atoms with Crippen molar-refractivity contribution >= 4 is 82.5 Å². The number of hydrogen-bond donors (Lipinski definition) is 0. The Hall–Kier alpha value is -9.10. The number of aryl methyl sites for hydroxylation is 1. The summed E-state index contributed by atoms with van der Waals surface area (Å²) in [6, 6.07) is 61.8. The van der Waals surface area contributed by atoms with Gasteiger partial charge in [-0.3, -0.25) is 0 Å². The smallest absolute Gasteiger partial charge is 0.145 e. The standard InChI is InChI=1S/C56H33N5O.C6H10/c57-32-36-23-27-51(45(33-58)55(36)61-48-20-10-6-16-40(48)43-30-35(22-26-49(43)61)34-12-2-1-3-13-34)60-50-28-24-37(59-46-18-8-4-14-38(46)39-15-5-9-19-47(39)59)31-44(50)54-52(60)29-25-42-41-17-7-11-21-53(41)62-56(42)54;1-4-5-6(2)3/h1-4,6-14,16-31H,5,15H2;4-5H,2H2,1,3H3/b;5-4-. The highest BCUT2D eigenvalue weighted by Gasteiger charge is 2.26. The molecule has 0 saturated carbocycles. The molecule has 12 aromatic rings. The average Bonchev–Trinajstić information content (AvgIpc) is 4.12. The molecule has 4 aromatic heterocycles. The topological polar surface area (TPSA) is 75.5 Å². The lowest BCUT2D eigenvalue weighted by Crippen LogP contribution is -2.06. The van der Waals surface area contributed by atoms with E-state index in [1.807, 2.05) is 86.7 Å². The van der Waals surface area contributed by atoms with Gasteiger partial charge in [0.1, 0.15) is 28.9 Å². The minimum absolute atomic E-state index is 0.405. The molecule has 0 atom stereocenters. The van der Waals surface area contributed by atoms with Gasteiger partial charge in [0.25, 0.3) is 0 Å². The molecule has 0 bridgehead atoms. The fourth-order valence-corrected chi connectivity index (χ4v) is 10.6. The number of aromatic nitrogens is 3. The molecule has 1 aliphatic rings. The highest BCUT2D eigenvalue weighted by Crippen LogP contribution is 2.44. The van der Waals surface area contributed by atoms with E-state index < -0.39 is 0 Å². The van der Waals surface area contributed by atoms with E-state index in [4.69, 9.17) is 4.42 Å². The zero-order valence-corrected chi connectivity index (χ0v) is 37.7. The maximum atomic E-state index is 11.4. The highest BCUT2D eigenvalue weighted by molar-refractivity contribution is 6.24. The Balaban J connectivity index is 0.000000754. The summed E-state index contributed by atoms with van der Waals surface area (Å²) in [7, 11) is 0. The second kappa shape index (κ2) is 16.1. The Morgan fingerprint density at radius 1 is 0.603 bits per heavy atom. The van der Waals surface area contributed by atoms with Crippen LogP contribution in [0.1, 0.15) is 42.7 Å². The summed E-state index contributed by atoms with van der Waals surface area (Å²) in [6.45, 7) is 7.61. The van der Waals surface area contributed by atoms with Crippen LogP contribution in [0.25, 0.3) is 111 Å². The molecule has 6 heteroatoms. The first-order chi connectivity index (χ1) is 33.5. The van der Waals surface area contributed by atoms with E-state index in [0.29, 0.717) is 22.5 Å². The molecule has 8 aromatic carbocycles. The summed E-state index contributed by atoms with van der Waals surface area (Å²) in [4.78, 5) is 0. The average molecular weight is 874 g/mol. The van der Waals surface area contributed by atoms with Crippen molar-refractivity contribution < 1.29 is 4.42 Å². The zero-order valence-electron chi connectivity index (χ0n) is 37.7. The molecule has 0 saturated heterocycles. The van der Waals surface area contributed by atoms with Crippen LogP contribution >= 0.6 is 0 Å². The predicted octanol–water partition coefficient (Wildman–Crippen LogP) is 16.2. The monoisotopic (exact) mass is 873 g/mol. The maximum absolute atomic E-state index is 11.4. The number of benzene rings is 8. The lowest BCUT2D eigenvalue weighted by atomic mass is 10.0. The summed E-state index contributed by atoms with van der Waals surface area (Å²) in [5.41, 5.74) is 15.5. The van der Waals surface area contributed by atoms with Gasteiger partial charge < -0.3 is 18.1 Å². The first-order valence-electron chi connectivity index (χ1n) is 23.0. The van der Waals surface area contributed by atoms with Gasteiger partial charge in [0, 0.05) is 43.7 Å². The molecule has 0 fully saturated rings. The molecule has 0 spiro atoms. The first kappa shape index (κ1) is 40.4. The van der Waals surface area contributed by atoms with E-state index >= 15 is 0 Å². The molecule has 68 heavy (non-hydrogen) atoms. The third-order valence-corrected chi connectivity index (χ3v) is 13.5. The number of furan rings is 1. The SMILES string of the molecule is C=C(C)/C=C\C.N#Cc1ccc(-n2c3ccc(-n4c5c(c6ccccc64)CCC=C5)cc3c3c4oc5ccccc5c4ccc32)c(C#N)c1-n1c2ccccc2c2cc(-c3ccccc3)ccc21.